The van der Waals surface area contributed by atoms with E-state index in [0.717, 1.165) is 5.76 Å². The highest BCUT2D eigenvalue weighted by Crippen LogP contribution is 2.25. The molecule has 1 saturated heterocycles. The molecule has 1 aliphatic rings. The van der Waals surface area contributed by atoms with E-state index in [2.05, 4.69) is 11.4 Å². The average Bonchev–Trinajstić information content (AvgIpc) is 2.63. The van der Waals surface area contributed by atoms with Gasteiger partial charge in [-0.05, 0) is 32.4 Å². The van der Waals surface area contributed by atoms with E-state index in [4.69, 9.17) is 4.42 Å². The Morgan fingerprint density at radius 2 is 2.50 bits per heavy atom. The molecule has 0 amide bonds. The van der Waals surface area contributed by atoms with Crippen LogP contribution in [0.4, 0.5) is 0 Å². The minimum absolute atomic E-state index is 0.697. The third-order valence-electron chi connectivity index (χ3n) is 2.66. The lowest BCUT2D eigenvalue weighted by Gasteiger charge is -2.22. The van der Waals surface area contributed by atoms with E-state index in [9.17, 15) is 0 Å². The van der Waals surface area contributed by atoms with Gasteiger partial charge in [0.2, 0.25) is 0 Å². The number of aryl methyl sites for hydroxylation is 1. The molecule has 1 unspecified atom stereocenters. The standard InChI is InChI=1S/C11H17NOS/c1-9-11(5-7-13-9)14-8-10-4-2-3-6-12-10/h5,7,10,12H,2-4,6,8H2,1H3. The molecular weight excluding hydrogens is 194 g/mol. The molecule has 1 aliphatic heterocycles. The van der Waals surface area contributed by atoms with Crippen LogP contribution in [0, 0.1) is 6.92 Å². The van der Waals surface area contributed by atoms with Crippen molar-refractivity contribution >= 4 is 11.8 Å². The maximum Gasteiger partial charge on any atom is 0.114 e. The first-order chi connectivity index (χ1) is 6.86. The number of piperidine rings is 1. The normalized spacial score (nSPS) is 22.5. The van der Waals surface area contributed by atoms with Crippen LogP contribution in [0.5, 0.6) is 0 Å². The van der Waals surface area contributed by atoms with Crippen molar-refractivity contribution in [1.82, 2.24) is 5.32 Å². The van der Waals surface area contributed by atoms with Crippen molar-refractivity contribution in [3.05, 3.63) is 18.1 Å². The minimum Gasteiger partial charge on any atom is -0.468 e. The molecule has 14 heavy (non-hydrogen) atoms. The zero-order valence-electron chi connectivity index (χ0n) is 8.58. The first-order valence-corrected chi connectivity index (χ1v) is 6.25. The molecule has 1 aromatic heterocycles. The molecule has 2 rings (SSSR count). The molecule has 1 atom stereocenters. The molecule has 0 bridgehead atoms. The second-order valence-electron chi connectivity index (χ2n) is 3.80. The van der Waals surface area contributed by atoms with Gasteiger partial charge in [-0.3, -0.25) is 0 Å². The Morgan fingerprint density at radius 3 is 3.14 bits per heavy atom. The fourth-order valence-corrected chi connectivity index (χ4v) is 2.85. The molecular formula is C11H17NOS. The Bertz CT molecular complexity index is 279. The van der Waals surface area contributed by atoms with E-state index in [-0.39, 0.29) is 0 Å². The Morgan fingerprint density at radius 1 is 1.57 bits per heavy atom. The van der Waals surface area contributed by atoms with Crippen molar-refractivity contribution in [1.29, 1.82) is 0 Å². The van der Waals surface area contributed by atoms with Gasteiger partial charge in [-0.15, -0.1) is 11.8 Å². The van der Waals surface area contributed by atoms with E-state index >= 15 is 0 Å². The van der Waals surface area contributed by atoms with Gasteiger partial charge in [0.1, 0.15) is 5.76 Å². The quantitative estimate of drug-likeness (QED) is 0.778. The summed E-state index contributed by atoms with van der Waals surface area (Å²) in [6.45, 7) is 3.21. The lowest BCUT2D eigenvalue weighted by Crippen LogP contribution is -2.35. The highest BCUT2D eigenvalue weighted by Gasteiger charge is 2.13. The Labute approximate surface area is 89.4 Å². The SMILES string of the molecule is Cc1occc1SCC1CCCCN1. The molecule has 0 aromatic carbocycles. The summed E-state index contributed by atoms with van der Waals surface area (Å²) < 4.78 is 5.26. The van der Waals surface area contributed by atoms with E-state index in [1.54, 1.807) is 6.26 Å². The predicted octanol–water partition coefficient (Wildman–Crippen LogP) is 2.82. The largest absolute Gasteiger partial charge is 0.468 e. The van der Waals surface area contributed by atoms with Gasteiger partial charge in [0.05, 0.1) is 6.26 Å². The number of furan rings is 1. The third-order valence-corrected chi connectivity index (χ3v) is 3.97. The van der Waals surface area contributed by atoms with Crippen molar-refractivity contribution in [2.45, 2.75) is 37.1 Å². The molecule has 2 nitrogen and oxygen atoms in total. The van der Waals surface area contributed by atoms with Crippen LogP contribution in [0.3, 0.4) is 0 Å². The second-order valence-corrected chi connectivity index (χ2v) is 4.86. The summed E-state index contributed by atoms with van der Waals surface area (Å²) in [6.07, 6.45) is 5.81. The van der Waals surface area contributed by atoms with Crippen LogP contribution in [-0.4, -0.2) is 18.3 Å². The van der Waals surface area contributed by atoms with Crippen LogP contribution in [0.15, 0.2) is 21.6 Å². The van der Waals surface area contributed by atoms with Crippen LogP contribution in [0.2, 0.25) is 0 Å². The molecule has 0 radical (unpaired) electrons. The molecule has 1 aromatic rings. The first kappa shape index (κ1) is 10.1. The molecule has 2 heterocycles. The van der Waals surface area contributed by atoms with Gasteiger partial charge in [0, 0.05) is 16.7 Å². The lowest BCUT2D eigenvalue weighted by molar-refractivity contribution is 0.430. The van der Waals surface area contributed by atoms with Gasteiger partial charge in [-0.1, -0.05) is 6.42 Å². The van der Waals surface area contributed by atoms with Crippen molar-refractivity contribution in [2.75, 3.05) is 12.3 Å². The number of nitrogens with one attached hydrogen (secondary N) is 1. The average molecular weight is 211 g/mol. The monoisotopic (exact) mass is 211 g/mol. The van der Waals surface area contributed by atoms with Crippen molar-refractivity contribution < 1.29 is 4.42 Å². The topological polar surface area (TPSA) is 25.2 Å². The van der Waals surface area contributed by atoms with Crippen molar-refractivity contribution in [3.8, 4) is 0 Å². The van der Waals surface area contributed by atoms with Gasteiger partial charge in [-0.25, -0.2) is 0 Å². The van der Waals surface area contributed by atoms with Gasteiger partial charge in [-0.2, -0.15) is 0 Å². The molecule has 1 N–H and O–H groups in total. The summed E-state index contributed by atoms with van der Waals surface area (Å²) in [7, 11) is 0. The summed E-state index contributed by atoms with van der Waals surface area (Å²) in [6, 6.07) is 2.76. The van der Waals surface area contributed by atoms with E-state index in [1.807, 2.05) is 18.7 Å². The molecule has 0 spiro atoms. The summed E-state index contributed by atoms with van der Waals surface area (Å²) in [4.78, 5) is 1.29. The number of hydrogen-bond donors (Lipinski definition) is 1. The highest BCUT2D eigenvalue weighted by atomic mass is 32.2. The molecule has 0 aliphatic carbocycles. The minimum atomic E-state index is 0.697. The zero-order chi connectivity index (χ0) is 9.80. The molecule has 0 saturated carbocycles. The Kier molecular flexibility index (Phi) is 3.54. The zero-order valence-corrected chi connectivity index (χ0v) is 9.40. The van der Waals surface area contributed by atoms with E-state index < -0.39 is 0 Å². The molecule has 3 heteroatoms. The lowest BCUT2D eigenvalue weighted by atomic mass is 10.1. The van der Waals surface area contributed by atoms with Crippen LogP contribution < -0.4 is 5.32 Å². The number of thioether (sulfide) groups is 1. The van der Waals surface area contributed by atoms with Crippen molar-refractivity contribution in [2.24, 2.45) is 0 Å². The summed E-state index contributed by atoms with van der Waals surface area (Å²) >= 11 is 1.90. The summed E-state index contributed by atoms with van der Waals surface area (Å²) in [5.74, 6) is 2.21. The maximum absolute atomic E-state index is 5.26. The summed E-state index contributed by atoms with van der Waals surface area (Å²) in [5, 5.41) is 3.55. The smallest absolute Gasteiger partial charge is 0.114 e. The first-order valence-electron chi connectivity index (χ1n) is 5.26. The number of rotatable bonds is 3. The fourth-order valence-electron chi connectivity index (χ4n) is 1.78. The molecule has 1 fully saturated rings. The van der Waals surface area contributed by atoms with Crippen LogP contribution in [0.25, 0.3) is 0 Å². The van der Waals surface area contributed by atoms with E-state index in [0.29, 0.717) is 6.04 Å². The second kappa shape index (κ2) is 4.89. The van der Waals surface area contributed by atoms with Gasteiger partial charge in [0.25, 0.3) is 0 Å². The fraction of sp³-hybridized carbons (Fsp3) is 0.636. The maximum atomic E-state index is 5.26. The van der Waals surface area contributed by atoms with Crippen LogP contribution >= 0.6 is 11.8 Å². The van der Waals surface area contributed by atoms with Crippen LogP contribution in [-0.2, 0) is 0 Å². The highest BCUT2D eigenvalue weighted by molar-refractivity contribution is 7.99. The van der Waals surface area contributed by atoms with Gasteiger partial charge in [0.15, 0.2) is 0 Å². The number of hydrogen-bond acceptors (Lipinski definition) is 3. The summed E-state index contributed by atoms with van der Waals surface area (Å²) in [5.41, 5.74) is 0. The predicted molar refractivity (Wildman–Crippen MR) is 59.8 cm³/mol. The Hall–Kier alpha value is -0.410. The van der Waals surface area contributed by atoms with E-state index in [1.165, 1.54) is 36.5 Å². The third kappa shape index (κ3) is 2.55. The van der Waals surface area contributed by atoms with Crippen LogP contribution in [0.1, 0.15) is 25.0 Å². The van der Waals surface area contributed by atoms with Gasteiger partial charge < -0.3 is 9.73 Å². The van der Waals surface area contributed by atoms with Gasteiger partial charge >= 0.3 is 0 Å². The molecule has 78 valence electrons. The Balaban J connectivity index is 1.79. The van der Waals surface area contributed by atoms with Crippen molar-refractivity contribution in [3.63, 3.8) is 0 Å².